The van der Waals surface area contributed by atoms with Gasteiger partial charge in [-0.25, -0.2) is 9.55 Å². The molecular formula is C23H22N3+. The molecule has 2 aromatic carbocycles. The van der Waals surface area contributed by atoms with Gasteiger partial charge in [0.2, 0.25) is 5.69 Å². The van der Waals surface area contributed by atoms with Gasteiger partial charge in [-0.2, -0.15) is 0 Å². The molecule has 0 radical (unpaired) electrons. The van der Waals surface area contributed by atoms with Gasteiger partial charge in [0.25, 0.3) is 0 Å². The van der Waals surface area contributed by atoms with E-state index in [-0.39, 0.29) is 0 Å². The van der Waals surface area contributed by atoms with E-state index in [2.05, 4.69) is 29.7 Å². The van der Waals surface area contributed by atoms with Crippen LogP contribution in [0, 0.1) is 20.7 Å². The van der Waals surface area contributed by atoms with E-state index in [4.69, 9.17) is 9.10 Å². The van der Waals surface area contributed by atoms with E-state index in [9.17, 15) is 0 Å². The van der Waals surface area contributed by atoms with Crippen molar-refractivity contribution in [3.63, 3.8) is 0 Å². The van der Waals surface area contributed by atoms with Crippen molar-refractivity contribution >= 4 is 11.0 Å². The molecule has 0 spiro atoms. The highest BCUT2D eigenvalue weighted by atomic mass is 15.1. The predicted octanol–water partition coefficient (Wildman–Crippen LogP) is 4.35. The number of aromatic nitrogens is 3. The second-order valence-electron chi connectivity index (χ2n) is 7.16. The maximum absolute atomic E-state index is 7.82. The summed E-state index contributed by atoms with van der Waals surface area (Å²) < 4.78 is 27.7. The van der Waals surface area contributed by atoms with Crippen molar-refractivity contribution in [3.8, 4) is 16.9 Å². The fraction of sp³-hybridized carbons (Fsp3) is 0.217. The number of nitrogens with zero attached hydrogens (tertiary/aromatic N) is 3. The van der Waals surface area contributed by atoms with Crippen molar-refractivity contribution < 1.29 is 8.68 Å². The number of benzene rings is 2. The van der Waals surface area contributed by atoms with Crippen LogP contribution in [0.2, 0.25) is 0 Å². The molecule has 3 nitrogen and oxygen atoms in total. The summed E-state index contributed by atoms with van der Waals surface area (Å²) in [5.74, 6) is 1.05. The SMILES string of the molecule is [2H]C([2H])([2H])c1c[n+](C)c(-c2c(C)ccc3c2-n2c(nc4ccccc42)C3)cc1C. The standard InChI is InChI=1S/C23H22N3/c1-14-9-10-17-12-21-24-18-7-5-6-8-19(18)26(21)23(17)22(14)20-11-15(2)16(3)13-25(20)4/h5-11,13H,12H2,1-4H3/q+1/i3D3. The average Bonchev–Trinajstić information content (AvgIpc) is 3.18. The van der Waals surface area contributed by atoms with E-state index in [1.165, 1.54) is 5.56 Å². The summed E-state index contributed by atoms with van der Waals surface area (Å²) in [7, 11) is 1.92. The van der Waals surface area contributed by atoms with Gasteiger partial charge in [0.15, 0.2) is 6.20 Å². The lowest BCUT2D eigenvalue weighted by Gasteiger charge is -2.14. The third-order valence-corrected chi connectivity index (χ3v) is 5.41. The molecule has 1 aliphatic heterocycles. The molecule has 0 N–H and O–H groups in total. The van der Waals surface area contributed by atoms with Crippen LogP contribution in [0.5, 0.6) is 0 Å². The quantitative estimate of drug-likeness (QED) is 0.415. The molecule has 0 amide bonds. The zero-order valence-electron chi connectivity index (χ0n) is 18.2. The van der Waals surface area contributed by atoms with E-state index in [0.717, 1.165) is 51.4 Å². The first-order valence-corrected chi connectivity index (χ1v) is 8.86. The molecule has 26 heavy (non-hydrogen) atoms. The van der Waals surface area contributed by atoms with Crippen LogP contribution in [-0.4, -0.2) is 9.55 Å². The van der Waals surface area contributed by atoms with Crippen molar-refractivity contribution in [2.75, 3.05) is 0 Å². The number of fused-ring (bicyclic) bond motifs is 5. The Hall–Kier alpha value is -2.94. The van der Waals surface area contributed by atoms with Crippen molar-refractivity contribution in [2.24, 2.45) is 7.05 Å². The Bertz CT molecular complexity index is 1300. The zero-order valence-corrected chi connectivity index (χ0v) is 15.2. The van der Waals surface area contributed by atoms with Crippen molar-refractivity contribution in [1.82, 2.24) is 9.55 Å². The summed E-state index contributed by atoms with van der Waals surface area (Å²) in [6.07, 6.45) is 2.55. The molecule has 0 saturated carbocycles. The smallest absolute Gasteiger partial charge is 0.214 e. The summed E-state index contributed by atoms with van der Waals surface area (Å²) in [4.78, 5) is 4.84. The molecule has 0 fully saturated rings. The van der Waals surface area contributed by atoms with Crippen LogP contribution < -0.4 is 4.57 Å². The molecule has 3 heterocycles. The van der Waals surface area contributed by atoms with Gasteiger partial charge in [-0.15, -0.1) is 0 Å². The van der Waals surface area contributed by atoms with E-state index in [0.29, 0.717) is 5.56 Å². The molecule has 1 aliphatic rings. The van der Waals surface area contributed by atoms with Crippen LogP contribution in [0.4, 0.5) is 0 Å². The first-order valence-electron chi connectivity index (χ1n) is 10.4. The Morgan fingerprint density at radius 1 is 1.08 bits per heavy atom. The summed E-state index contributed by atoms with van der Waals surface area (Å²) in [6.45, 7) is 1.86. The first-order chi connectivity index (χ1) is 13.8. The van der Waals surface area contributed by atoms with Crippen molar-refractivity contribution in [2.45, 2.75) is 27.1 Å². The van der Waals surface area contributed by atoms with Crippen LogP contribution in [-0.2, 0) is 13.5 Å². The van der Waals surface area contributed by atoms with Gasteiger partial charge in [-0.3, -0.25) is 4.57 Å². The normalized spacial score (nSPS) is 14.7. The number of aryl methyl sites for hydroxylation is 4. The molecule has 0 bridgehead atoms. The minimum Gasteiger partial charge on any atom is -0.295 e. The summed E-state index contributed by atoms with van der Waals surface area (Å²) >= 11 is 0. The molecule has 0 atom stereocenters. The number of hydrogen-bond acceptors (Lipinski definition) is 1. The van der Waals surface area contributed by atoms with Gasteiger partial charge in [0.05, 0.1) is 22.3 Å². The topological polar surface area (TPSA) is 21.7 Å². The van der Waals surface area contributed by atoms with Gasteiger partial charge in [-0.1, -0.05) is 24.3 Å². The summed E-state index contributed by atoms with van der Waals surface area (Å²) in [5, 5.41) is 0. The molecule has 4 aromatic rings. The molecule has 128 valence electrons. The van der Waals surface area contributed by atoms with Crippen LogP contribution in [0.25, 0.3) is 28.0 Å². The maximum Gasteiger partial charge on any atom is 0.214 e. The Labute approximate surface area is 157 Å². The zero-order chi connectivity index (χ0) is 20.5. The minimum atomic E-state index is -2.12. The third-order valence-electron chi connectivity index (χ3n) is 5.41. The molecular weight excluding hydrogens is 318 g/mol. The number of imidazole rings is 1. The summed E-state index contributed by atoms with van der Waals surface area (Å²) in [6, 6.07) is 14.5. The monoisotopic (exact) mass is 343 g/mol. The van der Waals surface area contributed by atoms with Crippen molar-refractivity contribution in [1.29, 1.82) is 0 Å². The first kappa shape index (κ1) is 12.4. The molecule has 5 rings (SSSR count). The number of pyridine rings is 1. The lowest BCUT2D eigenvalue weighted by molar-refractivity contribution is -0.660. The lowest BCUT2D eigenvalue weighted by atomic mass is 9.96. The fourth-order valence-electron chi connectivity index (χ4n) is 4.07. The van der Waals surface area contributed by atoms with Gasteiger partial charge in [-0.05, 0) is 49.5 Å². The number of hydrogen-bond donors (Lipinski definition) is 0. The van der Waals surface area contributed by atoms with Crippen molar-refractivity contribution in [3.05, 3.63) is 76.7 Å². The largest absolute Gasteiger partial charge is 0.295 e. The Morgan fingerprint density at radius 3 is 2.77 bits per heavy atom. The fourth-order valence-corrected chi connectivity index (χ4v) is 4.07. The van der Waals surface area contributed by atoms with Crippen LogP contribution in [0.15, 0.2) is 48.7 Å². The molecule has 3 heteroatoms. The van der Waals surface area contributed by atoms with Crippen LogP contribution in [0.3, 0.4) is 0 Å². The summed E-state index contributed by atoms with van der Waals surface area (Å²) in [5.41, 5.74) is 8.98. The Balaban J connectivity index is 1.82. The second-order valence-corrected chi connectivity index (χ2v) is 7.16. The highest BCUT2D eigenvalue weighted by Gasteiger charge is 2.29. The van der Waals surface area contributed by atoms with E-state index in [1.54, 1.807) is 6.20 Å². The second kappa shape index (κ2) is 5.28. The number of para-hydroxylation sites is 2. The molecule has 0 unspecified atom stereocenters. The average molecular weight is 343 g/mol. The van der Waals surface area contributed by atoms with E-state index < -0.39 is 6.85 Å². The third kappa shape index (κ3) is 2.00. The highest BCUT2D eigenvalue weighted by molar-refractivity contribution is 5.85. The van der Waals surface area contributed by atoms with Gasteiger partial charge in [0.1, 0.15) is 12.9 Å². The molecule has 2 aromatic heterocycles. The van der Waals surface area contributed by atoms with Crippen LogP contribution in [0.1, 0.15) is 32.2 Å². The Morgan fingerprint density at radius 2 is 1.92 bits per heavy atom. The highest BCUT2D eigenvalue weighted by Crippen LogP contribution is 2.39. The maximum atomic E-state index is 7.82. The van der Waals surface area contributed by atoms with Gasteiger partial charge >= 0.3 is 0 Å². The number of rotatable bonds is 1. The Kier molecular flexibility index (Phi) is 2.52. The van der Waals surface area contributed by atoms with E-state index >= 15 is 0 Å². The van der Waals surface area contributed by atoms with Crippen LogP contribution >= 0.6 is 0 Å². The molecule has 0 saturated heterocycles. The van der Waals surface area contributed by atoms with Gasteiger partial charge in [0, 0.05) is 22.2 Å². The predicted molar refractivity (Wildman–Crippen MR) is 105 cm³/mol. The van der Waals surface area contributed by atoms with Gasteiger partial charge < -0.3 is 0 Å². The molecule has 0 aliphatic carbocycles. The minimum absolute atomic E-state index is 0.391. The lowest BCUT2D eigenvalue weighted by Crippen LogP contribution is -2.32. The van der Waals surface area contributed by atoms with E-state index in [1.807, 2.05) is 42.8 Å².